The summed E-state index contributed by atoms with van der Waals surface area (Å²) in [5.41, 5.74) is 6.21. The lowest BCUT2D eigenvalue weighted by Gasteiger charge is -2.18. The first-order valence-corrected chi connectivity index (χ1v) is 11.2. The molecule has 0 fully saturated rings. The van der Waals surface area contributed by atoms with Gasteiger partial charge in [0.25, 0.3) is 0 Å². The molecule has 34 heavy (non-hydrogen) atoms. The molecule has 0 unspecified atom stereocenters. The van der Waals surface area contributed by atoms with Crippen molar-refractivity contribution >= 4 is 28.8 Å². The van der Waals surface area contributed by atoms with Gasteiger partial charge in [0.1, 0.15) is 6.61 Å². The van der Waals surface area contributed by atoms with Crippen LogP contribution in [0.2, 0.25) is 0 Å². The number of rotatable bonds is 8. The Kier molecular flexibility index (Phi) is 6.08. The molecule has 5 nitrogen and oxygen atoms in total. The summed E-state index contributed by atoms with van der Waals surface area (Å²) in [6.45, 7) is 2.48. The fourth-order valence-electron chi connectivity index (χ4n) is 4.13. The molecule has 168 valence electrons. The Hall–Kier alpha value is -4.38. The molecule has 1 N–H and O–H groups in total. The molecule has 2 heterocycles. The highest BCUT2D eigenvalue weighted by Crippen LogP contribution is 2.41. The Morgan fingerprint density at radius 1 is 0.912 bits per heavy atom. The highest BCUT2D eigenvalue weighted by molar-refractivity contribution is 6.00. The van der Waals surface area contributed by atoms with Gasteiger partial charge in [-0.05, 0) is 48.2 Å². The zero-order valence-corrected chi connectivity index (χ0v) is 18.9. The molecule has 0 aliphatic rings. The van der Waals surface area contributed by atoms with Gasteiger partial charge in [-0.25, -0.2) is 0 Å². The predicted molar refractivity (Wildman–Crippen MR) is 135 cm³/mol. The second-order valence-corrected chi connectivity index (χ2v) is 8.27. The van der Waals surface area contributed by atoms with E-state index in [2.05, 4.69) is 47.2 Å². The van der Waals surface area contributed by atoms with Gasteiger partial charge in [-0.3, -0.25) is 14.7 Å². The smallest absolute Gasteiger partial charge is 0.220 e. The van der Waals surface area contributed by atoms with Crippen LogP contribution < -0.4 is 9.64 Å². The van der Waals surface area contributed by atoms with E-state index < -0.39 is 0 Å². The molecule has 1 amide bonds. The molecule has 5 heteroatoms. The van der Waals surface area contributed by atoms with E-state index in [-0.39, 0.29) is 0 Å². The number of fused-ring (bicyclic) bond motifs is 1. The standard InChI is InChI=1S/C29H25N3O2/c1-21-12-14-22(15-13-21)17-24-9-5-11-26-27(24)28(34-19-23-7-3-2-4-8-23)29(31-26)32(20-33)25-10-6-16-30-18-25/h2-16,18,20,31H,17,19H2,1H3. The zero-order chi connectivity index (χ0) is 23.3. The molecule has 0 atom stereocenters. The third-order valence-corrected chi connectivity index (χ3v) is 5.86. The topological polar surface area (TPSA) is 58.2 Å². The number of hydrogen-bond donors (Lipinski definition) is 1. The maximum Gasteiger partial charge on any atom is 0.220 e. The Bertz CT molecular complexity index is 1390. The van der Waals surface area contributed by atoms with Crippen molar-refractivity contribution in [2.75, 3.05) is 4.90 Å². The van der Waals surface area contributed by atoms with Crippen LogP contribution in [0.5, 0.6) is 5.75 Å². The number of hydrogen-bond acceptors (Lipinski definition) is 3. The normalized spacial score (nSPS) is 10.9. The number of amides is 1. The van der Waals surface area contributed by atoms with Crippen molar-refractivity contribution in [3.05, 3.63) is 120 Å². The van der Waals surface area contributed by atoms with Gasteiger partial charge in [0, 0.05) is 11.6 Å². The number of ether oxygens (including phenoxy) is 1. The number of aromatic nitrogens is 2. The van der Waals surface area contributed by atoms with Gasteiger partial charge in [0.05, 0.1) is 17.4 Å². The van der Waals surface area contributed by atoms with Crippen LogP contribution in [0.3, 0.4) is 0 Å². The monoisotopic (exact) mass is 447 g/mol. The van der Waals surface area contributed by atoms with E-state index in [1.165, 1.54) is 11.1 Å². The first-order chi connectivity index (χ1) is 16.7. The quantitative estimate of drug-likeness (QED) is 0.283. The maximum atomic E-state index is 12.2. The largest absolute Gasteiger partial charge is 0.484 e. The molecule has 2 aromatic heterocycles. The number of H-pyrrole nitrogens is 1. The summed E-state index contributed by atoms with van der Waals surface area (Å²) >= 11 is 0. The highest BCUT2D eigenvalue weighted by atomic mass is 16.5. The molecule has 5 rings (SSSR count). The summed E-state index contributed by atoms with van der Waals surface area (Å²) in [6, 6.07) is 28.4. The summed E-state index contributed by atoms with van der Waals surface area (Å²) in [7, 11) is 0. The van der Waals surface area contributed by atoms with Crippen molar-refractivity contribution in [2.24, 2.45) is 0 Å². The van der Waals surface area contributed by atoms with Crippen molar-refractivity contribution in [2.45, 2.75) is 20.0 Å². The number of pyridine rings is 1. The van der Waals surface area contributed by atoms with Crippen LogP contribution in [-0.2, 0) is 17.8 Å². The van der Waals surface area contributed by atoms with Crippen LogP contribution in [0.4, 0.5) is 11.5 Å². The Morgan fingerprint density at radius 2 is 1.74 bits per heavy atom. The minimum Gasteiger partial charge on any atom is -0.484 e. The third kappa shape index (κ3) is 4.41. The lowest BCUT2D eigenvalue weighted by Crippen LogP contribution is -2.15. The lowest BCUT2D eigenvalue weighted by atomic mass is 10.0. The minimum atomic E-state index is 0.388. The van der Waals surface area contributed by atoms with E-state index in [9.17, 15) is 4.79 Å². The summed E-state index contributed by atoms with van der Waals surface area (Å²) in [4.78, 5) is 21.4. The van der Waals surface area contributed by atoms with Gasteiger partial charge < -0.3 is 9.72 Å². The van der Waals surface area contributed by atoms with Gasteiger partial charge in [0.15, 0.2) is 11.6 Å². The van der Waals surface area contributed by atoms with Crippen LogP contribution in [0, 0.1) is 6.92 Å². The Balaban J connectivity index is 1.63. The molecule has 0 bridgehead atoms. The molecule has 0 spiro atoms. The van der Waals surface area contributed by atoms with Crippen LogP contribution in [0.15, 0.2) is 97.3 Å². The number of aromatic amines is 1. The molecule has 0 saturated carbocycles. The summed E-state index contributed by atoms with van der Waals surface area (Å²) in [6.07, 6.45) is 4.89. The summed E-state index contributed by atoms with van der Waals surface area (Å²) in [5, 5.41) is 0.977. The van der Waals surface area contributed by atoms with Crippen molar-refractivity contribution < 1.29 is 9.53 Å². The van der Waals surface area contributed by atoms with Crippen LogP contribution in [0.25, 0.3) is 10.9 Å². The minimum absolute atomic E-state index is 0.388. The summed E-state index contributed by atoms with van der Waals surface area (Å²) in [5.74, 6) is 1.24. The first kappa shape index (κ1) is 21.5. The number of nitrogens with one attached hydrogen (secondary N) is 1. The van der Waals surface area contributed by atoms with Gasteiger partial charge in [-0.2, -0.15) is 0 Å². The second-order valence-electron chi connectivity index (χ2n) is 8.27. The van der Waals surface area contributed by atoms with Crippen LogP contribution in [-0.4, -0.2) is 16.4 Å². The van der Waals surface area contributed by atoms with E-state index in [1.54, 1.807) is 17.3 Å². The Morgan fingerprint density at radius 3 is 2.47 bits per heavy atom. The fraction of sp³-hybridized carbons (Fsp3) is 0.103. The van der Waals surface area contributed by atoms with Gasteiger partial charge >= 0.3 is 0 Å². The average molecular weight is 448 g/mol. The van der Waals surface area contributed by atoms with E-state index in [0.717, 1.165) is 34.9 Å². The SMILES string of the molecule is Cc1ccc(Cc2cccc3[nH]c(N(C=O)c4cccnc4)c(OCc4ccccc4)c23)cc1. The number of nitrogens with zero attached hydrogens (tertiary/aromatic N) is 2. The number of carbonyl (C=O) groups is 1. The van der Waals surface area contributed by atoms with Crippen LogP contribution in [0.1, 0.15) is 22.3 Å². The average Bonchev–Trinajstić information content (AvgIpc) is 3.25. The van der Waals surface area contributed by atoms with E-state index in [4.69, 9.17) is 4.74 Å². The fourth-order valence-corrected chi connectivity index (χ4v) is 4.13. The van der Waals surface area contributed by atoms with Crippen molar-refractivity contribution in [3.8, 4) is 5.75 Å². The zero-order valence-electron chi connectivity index (χ0n) is 18.9. The summed E-state index contributed by atoms with van der Waals surface area (Å²) < 4.78 is 6.43. The molecule has 0 aliphatic carbocycles. The van der Waals surface area contributed by atoms with E-state index >= 15 is 0 Å². The van der Waals surface area contributed by atoms with Crippen molar-refractivity contribution in [1.29, 1.82) is 0 Å². The molecular weight excluding hydrogens is 422 g/mol. The first-order valence-electron chi connectivity index (χ1n) is 11.2. The number of anilines is 2. The lowest BCUT2D eigenvalue weighted by molar-refractivity contribution is -0.106. The molecule has 0 radical (unpaired) electrons. The van der Waals surface area contributed by atoms with Crippen molar-refractivity contribution in [1.82, 2.24) is 9.97 Å². The van der Waals surface area contributed by atoms with Gasteiger partial charge in [-0.1, -0.05) is 72.3 Å². The third-order valence-electron chi connectivity index (χ3n) is 5.86. The second kappa shape index (κ2) is 9.63. The number of carbonyl (C=O) groups excluding carboxylic acids is 1. The molecule has 0 aliphatic heterocycles. The van der Waals surface area contributed by atoms with Crippen LogP contribution >= 0.6 is 0 Å². The highest BCUT2D eigenvalue weighted by Gasteiger charge is 2.22. The maximum absolute atomic E-state index is 12.2. The molecule has 3 aromatic carbocycles. The van der Waals surface area contributed by atoms with Gasteiger partial charge in [-0.15, -0.1) is 0 Å². The Labute approximate surface area is 198 Å². The number of benzene rings is 3. The molecule has 0 saturated heterocycles. The van der Waals surface area contributed by atoms with E-state index in [0.29, 0.717) is 23.9 Å². The van der Waals surface area contributed by atoms with Crippen molar-refractivity contribution in [3.63, 3.8) is 0 Å². The molecule has 5 aromatic rings. The predicted octanol–water partition coefficient (Wildman–Crippen LogP) is 6.34. The molecular formula is C29H25N3O2. The van der Waals surface area contributed by atoms with Gasteiger partial charge in [0.2, 0.25) is 6.41 Å². The van der Waals surface area contributed by atoms with E-state index in [1.807, 2.05) is 54.6 Å². The number of aryl methyl sites for hydroxylation is 1.